The van der Waals surface area contributed by atoms with Crippen molar-refractivity contribution in [2.24, 2.45) is 0 Å². The van der Waals surface area contributed by atoms with E-state index in [0.717, 1.165) is 5.56 Å². The summed E-state index contributed by atoms with van der Waals surface area (Å²) in [5.41, 5.74) is 2.44. The molecule has 0 fully saturated rings. The summed E-state index contributed by atoms with van der Waals surface area (Å²) in [7, 11) is 0. The molecule has 0 amide bonds. The maximum Gasteiger partial charge on any atom is 0.152 e. The molecule has 0 saturated carbocycles. The van der Waals surface area contributed by atoms with Gasteiger partial charge in [-0.3, -0.25) is 0 Å². The first-order valence-electron chi connectivity index (χ1n) is 4.98. The Labute approximate surface area is 85.5 Å². The molecule has 0 heterocycles. The maximum absolute atomic E-state index is 9.02. The van der Waals surface area contributed by atoms with E-state index in [1.807, 2.05) is 18.2 Å². The van der Waals surface area contributed by atoms with Crippen molar-refractivity contribution in [3.8, 4) is 0 Å². The van der Waals surface area contributed by atoms with Crippen molar-refractivity contribution in [1.29, 1.82) is 0 Å². The number of aliphatic hydroxyl groups is 1. The smallest absolute Gasteiger partial charge is 0.152 e. The van der Waals surface area contributed by atoms with Crippen LogP contribution in [0.15, 0.2) is 24.3 Å². The van der Waals surface area contributed by atoms with Gasteiger partial charge in [0.15, 0.2) is 6.29 Å². The number of benzene rings is 1. The zero-order valence-corrected chi connectivity index (χ0v) is 9.03. The molecule has 2 nitrogen and oxygen atoms in total. The third-order valence-electron chi connectivity index (χ3n) is 2.16. The summed E-state index contributed by atoms with van der Waals surface area (Å²) in [6.07, 6.45) is -0.699. The molecule has 1 unspecified atom stereocenters. The summed E-state index contributed by atoms with van der Waals surface area (Å²) in [5, 5.41) is 9.02. The van der Waals surface area contributed by atoms with Gasteiger partial charge in [0.25, 0.3) is 0 Å². The molecule has 0 bridgehead atoms. The molecule has 0 spiro atoms. The van der Waals surface area contributed by atoms with Crippen LogP contribution in [0.3, 0.4) is 0 Å². The van der Waals surface area contributed by atoms with Crippen molar-refractivity contribution in [2.45, 2.75) is 39.6 Å². The topological polar surface area (TPSA) is 29.5 Å². The first-order valence-corrected chi connectivity index (χ1v) is 4.98. The molecule has 0 aliphatic carbocycles. The van der Waals surface area contributed by atoms with Gasteiger partial charge in [-0.05, 0) is 24.0 Å². The lowest BCUT2D eigenvalue weighted by atomic mass is 9.98. The van der Waals surface area contributed by atoms with Crippen LogP contribution < -0.4 is 0 Å². The van der Waals surface area contributed by atoms with E-state index in [9.17, 15) is 0 Å². The van der Waals surface area contributed by atoms with E-state index < -0.39 is 6.29 Å². The fourth-order valence-electron chi connectivity index (χ4n) is 1.44. The van der Waals surface area contributed by atoms with E-state index in [1.54, 1.807) is 6.92 Å². The summed E-state index contributed by atoms with van der Waals surface area (Å²) in [6, 6.07) is 8.16. The standard InChI is InChI=1S/C12H18O2/c1-9(2)12-7-5-4-6-11(12)8-14-10(3)13/h4-7,9-10,13H,8H2,1-3H3. The fraction of sp³-hybridized carbons (Fsp3) is 0.500. The average Bonchev–Trinajstić information content (AvgIpc) is 2.15. The summed E-state index contributed by atoms with van der Waals surface area (Å²) < 4.78 is 5.17. The molecule has 0 aliphatic heterocycles. The summed E-state index contributed by atoms with van der Waals surface area (Å²) in [4.78, 5) is 0. The van der Waals surface area contributed by atoms with Gasteiger partial charge in [0.2, 0.25) is 0 Å². The fourth-order valence-corrected chi connectivity index (χ4v) is 1.44. The minimum absolute atomic E-state index is 0.478. The molecule has 1 aromatic carbocycles. The van der Waals surface area contributed by atoms with E-state index in [1.165, 1.54) is 5.56 Å². The van der Waals surface area contributed by atoms with Gasteiger partial charge in [0.1, 0.15) is 0 Å². The van der Waals surface area contributed by atoms with Crippen LogP contribution >= 0.6 is 0 Å². The van der Waals surface area contributed by atoms with Crippen LogP contribution in [0.1, 0.15) is 37.8 Å². The van der Waals surface area contributed by atoms with E-state index >= 15 is 0 Å². The summed E-state index contributed by atoms with van der Waals surface area (Å²) in [5.74, 6) is 0.490. The van der Waals surface area contributed by atoms with Crippen molar-refractivity contribution in [2.75, 3.05) is 0 Å². The molecule has 1 aromatic rings. The Morgan fingerprint density at radius 2 is 1.86 bits per heavy atom. The van der Waals surface area contributed by atoms with Crippen molar-refractivity contribution >= 4 is 0 Å². The number of rotatable bonds is 4. The lowest BCUT2D eigenvalue weighted by Gasteiger charge is -2.13. The van der Waals surface area contributed by atoms with Gasteiger partial charge >= 0.3 is 0 Å². The minimum Gasteiger partial charge on any atom is -0.368 e. The molecule has 0 radical (unpaired) electrons. The average molecular weight is 194 g/mol. The molecule has 1 atom stereocenters. The maximum atomic E-state index is 9.02. The Kier molecular flexibility index (Phi) is 4.11. The van der Waals surface area contributed by atoms with E-state index in [4.69, 9.17) is 9.84 Å². The first kappa shape index (κ1) is 11.2. The van der Waals surface area contributed by atoms with Crippen LogP contribution in [0, 0.1) is 0 Å². The van der Waals surface area contributed by atoms with Crippen LogP contribution in [0.4, 0.5) is 0 Å². The zero-order chi connectivity index (χ0) is 10.6. The van der Waals surface area contributed by atoms with Gasteiger partial charge < -0.3 is 9.84 Å². The SMILES string of the molecule is CC(O)OCc1ccccc1C(C)C. The molecule has 78 valence electrons. The predicted octanol–water partition coefficient (Wildman–Crippen LogP) is 2.66. The quantitative estimate of drug-likeness (QED) is 0.747. The molecule has 1 N–H and O–H groups in total. The third kappa shape index (κ3) is 3.13. The van der Waals surface area contributed by atoms with Crippen LogP contribution in [-0.2, 0) is 11.3 Å². The second kappa shape index (κ2) is 5.13. The highest BCUT2D eigenvalue weighted by atomic mass is 16.6. The molecule has 14 heavy (non-hydrogen) atoms. The lowest BCUT2D eigenvalue weighted by molar-refractivity contribution is -0.0941. The highest BCUT2D eigenvalue weighted by Crippen LogP contribution is 2.19. The second-order valence-corrected chi connectivity index (χ2v) is 3.76. The molecule has 1 rings (SSSR count). The van der Waals surface area contributed by atoms with Gasteiger partial charge in [0, 0.05) is 0 Å². The normalized spacial score (nSPS) is 13.2. The van der Waals surface area contributed by atoms with E-state index in [2.05, 4.69) is 19.9 Å². The van der Waals surface area contributed by atoms with E-state index in [-0.39, 0.29) is 0 Å². The Hall–Kier alpha value is -0.860. The summed E-state index contributed by atoms with van der Waals surface area (Å²) in [6.45, 7) is 6.41. The van der Waals surface area contributed by atoms with Gasteiger partial charge in [-0.2, -0.15) is 0 Å². The van der Waals surface area contributed by atoms with Gasteiger partial charge in [-0.1, -0.05) is 38.1 Å². The number of aliphatic hydroxyl groups excluding tert-OH is 1. The largest absolute Gasteiger partial charge is 0.368 e. The Bertz CT molecular complexity index is 279. The Morgan fingerprint density at radius 3 is 2.43 bits per heavy atom. The van der Waals surface area contributed by atoms with Crippen LogP contribution in [-0.4, -0.2) is 11.4 Å². The molecule has 2 heteroatoms. The number of hydrogen-bond donors (Lipinski definition) is 1. The number of ether oxygens (including phenoxy) is 1. The molecular weight excluding hydrogens is 176 g/mol. The van der Waals surface area contributed by atoms with E-state index in [0.29, 0.717) is 12.5 Å². The molecular formula is C12H18O2. The predicted molar refractivity (Wildman–Crippen MR) is 57.0 cm³/mol. The molecule has 0 aliphatic rings. The number of hydrogen-bond acceptors (Lipinski definition) is 2. The van der Waals surface area contributed by atoms with Crippen LogP contribution in [0.25, 0.3) is 0 Å². The summed E-state index contributed by atoms with van der Waals surface area (Å²) >= 11 is 0. The first-order chi connectivity index (χ1) is 6.61. The third-order valence-corrected chi connectivity index (χ3v) is 2.16. The van der Waals surface area contributed by atoms with Crippen molar-refractivity contribution < 1.29 is 9.84 Å². The highest BCUT2D eigenvalue weighted by molar-refractivity contribution is 5.28. The minimum atomic E-state index is -0.699. The molecule has 0 aromatic heterocycles. The highest BCUT2D eigenvalue weighted by Gasteiger charge is 2.06. The zero-order valence-electron chi connectivity index (χ0n) is 9.03. The van der Waals surface area contributed by atoms with Crippen molar-refractivity contribution in [1.82, 2.24) is 0 Å². The van der Waals surface area contributed by atoms with Gasteiger partial charge in [-0.15, -0.1) is 0 Å². The van der Waals surface area contributed by atoms with Gasteiger partial charge in [-0.25, -0.2) is 0 Å². The Balaban J connectivity index is 2.74. The van der Waals surface area contributed by atoms with Gasteiger partial charge in [0.05, 0.1) is 6.61 Å². The monoisotopic (exact) mass is 194 g/mol. The van der Waals surface area contributed by atoms with Crippen molar-refractivity contribution in [3.05, 3.63) is 35.4 Å². The lowest BCUT2D eigenvalue weighted by Crippen LogP contribution is -2.07. The van der Waals surface area contributed by atoms with Crippen LogP contribution in [0.2, 0.25) is 0 Å². The second-order valence-electron chi connectivity index (χ2n) is 3.76. The van der Waals surface area contributed by atoms with Crippen LogP contribution in [0.5, 0.6) is 0 Å². The Morgan fingerprint density at radius 1 is 1.21 bits per heavy atom. The molecule has 0 saturated heterocycles. The van der Waals surface area contributed by atoms with Crippen molar-refractivity contribution in [3.63, 3.8) is 0 Å².